The molecule has 2 aromatic carbocycles. The molecule has 1 saturated heterocycles. The van der Waals surface area contributed by atoms with Crippen molar-refractivity contribution >= 4 is 53.8 Å². The molecule has 1 unspecified atom stereocenters. The Morgan fingerprint density at radius 1 is 1.06 bits per heavy atom. The van der Waals surface area contributed by atoms with Crippen LogP contribution in [-0.2, 0) is 10.0 Å². The minimum atomic E-state index is -3.57. The predicted molar refractivity (Wildman–Crippen MR) is 144 cm³/mol. The third kappa shape index (κ3) is 4.53. The molecule has 0 bridgehead atoms. The molecule has 0 saturated carbocycles. The lowest BCUT2D eigenvalue weighted by molar-refractivity contribution is 0.102. The van der Waals surface area contributed by atoms with E-state index < -0.39 is 10.0 Å². The summed E-state index contributed by atoms with van der Waals surface area (Å²) in [4.78, 5) is 19.3. The van der Waals surface area contributed by atoms with Crippen LogP contribution in [0.25, 0.3) is 20.8 Å². The van der Waals surface area contributed by atoms with Gasteiger partial charge in [-0.05, 0) is 75.6 Å². The van der Waals surface area contributed by atoms with Crippen molar-refractivity contribution in [3.8, 4) is 10.6 Å². The number of carbonyl (C=O) groups is 1. The number of sulfonamides is 1. The fourth-order valence-corrected chi connectivity index (χ4v) is 8.36. The van der Waals surface area contributed by atoms with Gasteiger partial charge in [0, 0.05) is 28.6 Å². The first-order chi connectivity index (χ1) is 16.8. The summed E-state index contributed by atoms with van der Waals surface area (Å²) in [6.07, 6.45) is 2.80. The van der Waals surface area contributed by atoms with Crippen LogP contribution in [-0.4, -0.2) is 36.2 Å². The summed E-state index contributed by atoms with van der Waals surface area (Å²) in [6, 6.07) is 14.2. The average molecular weight is 526 g/mol. The number of fused-ring (bicyclic) bond motifs is 1. The van der Waals surface area contributed by atoms with Gasteiger partial charge >= 0.3 is 0 Å². The summed E-state index contributed by atoms with van der Waals surface area (Å²) in [5, 5.41) is 4.67. The number of amides is 1. The summed E-state index contributed by atoms with van der Waals surface area (Å²) in [5.41, 5.74) is 3.39. The highest BCUT2D eigenvalue weighted by molar-refractivity contribution is 7.89. The number of anilines is 1. The van der Waals surface area contributed by atoms with Crippen molar-refractivity contribution in [1.82, 2.24) is 9.29 Å². The maximum absolute atomic E-state index is 13.1. The molecule has 1 atom stereocenters. The Balaban J connectivity index is 1.40. The van der Waals surface area contributed by atoms with Gasteiger partial charge in [0.05, 0.1) is 15.1 Å². The van der Waals surface area contributed by atoms with Gasteiger partial charge in [0.15, 0.2) is 0 Å². The van der Waals surface area contributed by atoms with Crippen LogP contribution >= 0.6 is 22.7 Å². The Labute approximate surface area is 213 Å². The quantitative estimate of drug-likeness (QED) is 0.324. The second-order valence-electron chi connectivity index (χ2n) is 8.91. The lowest BCUT2D eigenvalue weighted by atomic mass is 10.1. The van der Waals surface area contributed by atoms with Crippen LogP contribution in [0.15, 0.2) is 53.4 Å². The van der Waals surface area contributed by atoms with E-state index in [1.807, 2.05) is 45.0 Å². The van der Waals surface area contributed by atoms with Crippen molar-refractivity contribution in [2.75, 3.05) is 11.9 Å². The number of rotatable bonds is 5. The van der Waals surface area contributed by atoms with Gasteiger partial charge in [-0.1, -0.05) is 18.6 Å². The normalized spacial score (nSPS) is 17.1. The summed E-state index contributed by atoms with van der Waals surface area (Å²) >= 11 is 3.13. The Kier molecular flexibility index (Phi) is 6.52. The van der Waals surface area contributed by atoms with E-state index >= 15 is 0 Å². The molecule has 6 nitrogen and oxygen atoms in total. The van der Waals surface area contributed by atoms with Crippen molar-refractivity contribution < 1.29 is 13.2 Å². The molecule has 0 spiro atoms. The molecule has 0 aliphatic carbocycles. The lowest BCUT2D eigenvalue weighted by Gasteiger charge is -2.32. The Hall–Kier alpha value is -2.59. The van der Waals surface area contributed by atoms with Crippen LogP contribution < -0.4 is 5.32 Å². The molecule has 5 rings (SSSR count). The van der Waals surface area contributed by atoms with E-state index in [0.717, 1.165) is 55.5 Å². The molecule has 2 aromatic heterocycles. The van der Waals surface area contributed by atoms with Gasteiger partial charge in [0.1, 0.15) is 10.0 Å². The Bertz CT molecular complexity index is 1470. The van der Waals surface area contributed by atoms with Gasteiger partial charge in [-0.25, -0.2) is 13.4 Å². The first-order valence-corrected chi connectivity index (χ1v) is 14.7. The number of nitrogens with one attached hydrogen (secondary N) is 1. The lowest BCUT2D eigenvalue weighted by Crippen LogP contribution is -2.41. The minimum absolute atomic E-state index is 0.0111. The van der Waals surface area contributed by atoms with Crippen LogP contribution in [0.5, 0.6) is 0 Å². The molecule has 1 amide bonds. The number of aryl methyl sites for hydroxylation is 1. The van der Waals surface area contributed by atoms with Gasteiger partial charge in [0.2, 0.25) is 10.0 Å². The molecule has 4 aromatic rings. The average Bonchev–Trinajstić information content (AvgIpc) is 3.39. The molecular formula is C26H27N3O3S3. The molecule has 1 fully saturated rings. The number of thiophene rings is 1. The summed E-state index contributed by atoms with van der Waals surface area (Å²) in [6.45, 7) is 6.57. The number of aromatic nitrogens is 1. The highest BCUT2D eigenvalue weighted by Crippen LogP contribution is 2.43. The standard InChI is InChI=1S/C26H27N3O3S3/c1-16-8-6-7-15-29(16)35(31,32)20-13-11-19(12-14-20)24(30)28-26-23(17(2)18(3)33-26)25-27-21-9-4-5-10-22(21)34-25/h4-5,9-14,16H,6-8,15H2,1-3H3,(H,28,30). The fourth-order valence-electron chi connectivity index (χ4n) is 4.47. The van der Waals surface area contributed by atoms with Gasteiger partial charge in [-0.15, -0.1) is 22.7 Å². The SMILES string of the molecule is Cc1sc(NC(=O)c2ccc(S(=O)(=O)N3CCCCC3C)cc2)c(-c2nc3ccccc3s2)c1C. The van der Waals surface area contributed by atoms with E-state index in [1.54, 1.807) is 27.8 Å². The van der Waals surface area contributed by atoms with Crippen LogP contribution in [0.2, 0.25) is 0 Å². The van der Waals surface area contributed by atoms with E-state index in [9.17, 15) is 13.2 Å². The number of hydrogen-bond acceptors (Lipinski definition) is 6. The number of nitrogens with zero attached hydrogens (tertiary/aromatic N) is 2. The van der Waals surface area contributed by atoms with E-state index in [4.69, 9.17) is 4.98 Å². The van der Waals surface area contributed by atoms with E-state index in [1.165, 1.54) is 23.5 Å². The molecule has 1 N–H and O–H groups in total. The van der Waals surface area contributed by atoms with Gasteiger partial charge in [-0.3, -0.25) is 4.79 Å². The highest BCUT2D eigenvalue weighted by atomic mass is 32.2. The maximum Gasteiger partial charge on any atom is 0.256 e. The number of thiazole rings is 1. The summed E-state index contributed by atoms with van der Waals surface area (Å²) < 4.78 is 28.9. The Morgan fingerprint density at radius 3 is 2.51 bits per heavy atom. The van der Waals surface area contributed by atoms with Crippen molar-refractivity contribution in [3.05, 3.63) is 64.5 Å². The molecule has 9 heteroatoms. The largest absolute Gasteiger partial charge is 0.313 e. The van der Waals surface area contributed by atoms with E-state index in [2.05, 4.69) is 5.32 Å². The zero-order chi connectivity index (χ0) is 24.7. The van der Waals surface area contributed by atoms with Crippen molar-refractivity contribution in [2.45, 2.75) is 51.0 Å². The number of para-hydroxylation sites is 1. The van der Waals surface area contributed by atoms with Crippen LogP contribution in [0, 0.1) is 13.8 Å². The number of carbonyl (C=O) groups excluding carboxylic acids is 1. The molecule has 1 aliphatic heterocycles. The number of piperidine rings is 1. The molecule has 3 heterocycles. The Morgan fingerprint density at radius 2 is 1.80 bits per heavy atom. The van der Waals surface area contributed by atoms with Gasteiger partial charge in [0.25, 0.3) is 5.91 Å². The van der Waals surface area contributed by atoms with Crippen molar-refractivity contribution in [3.63, 3.8) is 0 Å². The summed E-state index contributed by atoms with van der Waals surface area (Å²) in [7, 11) is -3.57. The third-order valence-electron chi connectivity index (χ3n) is 6.59. The minimum Gasteiger partial charge on any atom is -0.313 e. The zero-order valence-corrected chi connectivity index (χ0v) is 22.3. The molecule has 1 aliphatic rings. The second kappa shape index (κ2) is 9.46. The van der Waals surface area contributed by atoms with Crippen LogP contribution in [0.4, 0.5) is 5.00 Å². The molecule has 0 radical (unpaired) electrons. The monoisotopic (exact) mass is 525 g/mol. The summed E-state index contributed by atoms with van der Waals surface area (Å²) in [5.74, 6) is -0.274. The van der Waals surface area contributed by atoms with Gasteiger partial charge < -0.3 is 5.32 Å². The second-order valence-corrected chi connectivity index (χ2v) is 13.1. The smallest absolute Gasteiger partial charge is 0.256 e. The third-order valence-corrected chi connectivity index (χ3v) is 10.8. The zero-order valence-electron chi connectivity index (χ0n) is 19.9. The van der Waals surface area contributed by atoms with Crippen LogP contribution in [0.1, 0.15) is 47.0 Å². The van der Waals surface area contributed by atoms with Crippen LogP contribution in [0.3, 0.4) is 0 Å². The topological polar surface area (TPSA) is 79.4 Å². The van der Waals surface area contributed by atoms with Crippen molar-refractivity contribution in [2.24, 2.45) is 0 Å². The predicted octanol–water partition coefficient (Wildman–Crippen LogP) is 6.46. The first kappa shape index (κ1) is 24.1. The van der Waals surface area contributed by atoms with Crippen molar-refractivity contribution in [1.29, 1.82) is 0 Å². The number of hydrogen-bond donors (Lipinski definition) is 1. The van der Waals surface area contributed by atoms with E-state index in [0.29, 0.717) is 12.1 Å². The fraction of sp³-hybridized carbons (Fsp3) is 0.308. The first-order valence-electron chi connectivity index (χ1n) is 11.6. The number of benzene rings is 2. The molecule has 35 heavy (non-hydrogen) atoms. The maximum atomic E-state index is 13.1. The van der Waals surface area contributed by atoms with E-state index in [-0.39, 0.29) is 16.8 Å². The highest BCUT2D eigenvalue weighted by Gasteiger charge is 2.31. The van der Waals surface area contributed by atoms with Gasteiger partial charge in [-0.2, -0.15) is 4.31 Å². The molecule has 182 valence electrons. The molecular weight excluding hydrogens is 499 g/mol.